The van der Waals surface area contributed by atoms with Crippen molar-refractivity contribution < 1.29 is 14.3 Å². The van der Waals surface area contributed by atoms with Gasteiger partial charge in [-0.1, -0.05) is 6.92 Å². The minimum absolute atomic E-state index is 0. The largest absolute Gasteiger partial charge is 0.378 e. The molecule has 7 heteroatoms. The molecule has 6 nitrogen and oxygen atoms in total. The highest BCUT2D eigenvalue weighted by atomic mass is 35.5. The quantitative estimate of drug-likeness (QED) is 0.765. The molecule has 2 saturated heterocycles. The summed E-state index contributed by atoms with van der Waals surface area (Å²) in [6.07, 6.45) is 3.26. The summed E-state index contributed by atoms with van der Waals surface area (Å²) in [5, 5.41) is 6.18. The second kappa shape index (κ2) is 9.23. The summed E-state index contributed by atoms with van der Waals surface area (Å²) < 4.78 is 5.24. The Labute approximate surface area is 132 Å². The molecule has 2 N–H and O–H groups in total. The van der Waals surface area contributed by atoms with E-state index in [2.05, 4.69) is 10.6 Å². The Hall–Kier alpha value is -0.850. The fraction of sp³-hybridized carbons (Fsp3) is 0.857. The first kappa shape index (κ1) is 18.2. The zero-order valence-corrected chi connectivity index (χ0v) is 13.4. The Balaban J connectivity index is 0.00000220. The van der Waals surface area contributed by atoms with Gasteiger partial charge in [0.25, 0.3) is 0 Å². The van der Waals surface area contributed by atoms with Gasteiger partial charge in [-0.25, -0.2) is 0 Å². The van der Waals surface area contributed by atoms with Crippen LogP contribution in [0.5, 0.6) is 0 Å². The van der Waals surface area contributed by atoms with E-state index >= 15 is 0 Å². The first-order valence-corrected chi connectivity index (χ1v) is 7.60. The minimum Gasteiger partial charge on any atom is -0.378 e. The summed E-state index contributed by atoms with van der Waals surface area (Å²) in [5.74, 6) is -0.0126. The molecule has 21 heavy (non-hydrogen) atoms. The predicted molar refractivity (Wildman–Crippen MR) is 82.5 cm³/mol. The molecule has 2 amide bonds. The Bertz CT molecular complexity index is 342. The van der Waals surface area contributed by atoms with Gasteiger partial charge in [-0.15, -0.1) is 12.4 Å². The molecule has 0 saturated carbocycles. The van der Waals surface area contributed by atoms with Crippen molar-refractivity contribution in [3.63, 3.8) is 0 Å². The van der Waals surface area contributed by atoms with Gasteiger partial charge in [0, 0.05) is 25.6 Å². The van der Waals surface area contributed by atoms with E-state index in [-0.39, 0.29) is 30.3 Å². The second-order valence-electron chi connectivity index (χ2n) is 5.46. The molecule has 0 aliphatic carbocycles. The number of morpholine rings is 1. The fourth-order valence-corrected chi connectivity index (χ4v) is 2.75. The lowest BCUT2D eigenvalue weighted by atomic mass is 10.1. The lowest BCUT2D eigenvalue weighted by Crippen LogP contribution is -2.52. The van der Waals surface area contributed by atoms with Crippen LogP contribution < -0.4 is 10.6 Å². The molecule has 0 bridgehead atoms. The maximum atomic E-state index is 12.3. The Kier molecular flexibility index (Phi) is 8.00. The highest BCUT2D eigenvalue weighted by molar-refractivity contribution is 5.87. The van der Waals surface area contributed by atoms with E-state index in [1.54, 1.807) is 4.90 Å². The summed E-state index contributed by atoms with van der Waals surface area (Å²) in [6, 6.07) is -0.131. The normalized spacial score (nSPS) is 23.3. The minimum atomic E-state index is -0.401. The smallest absolute Gasteiger partial charge is 0.245 e. The van der Waals surface area contributed by atoms with E-state index < -0.39 is 6.04 Å². The predicted octanol–water partition coefficient (Wildman–Crippen LogP) is 0.304. The summed E-state index contributed by atoms with van der Waals surface area (Å²) in [7, 11) is 0. The number of halogens is 1. The molecule has 2 unspecified atom stereocenters. The fourth-order valence-electron chi connectivity index (χ4n) is 2.75. The van der Waals surface area contributed by atoms with Crippen molar-refractivity contribution >= 4 is 24.2 Å². The van der Waals surface area contributed by atoms with Crippen LogP contribution in [0.4, 0.5) is 0 Å². The van der Waals surface area contributed by atoms with Crippen molar-refractivity contribution in [2.45, 2.75) is 44.7 Å². The summed E-state index contributed by atoms with van der Waals surface area (Å²) in [4.78, 5) is 26.1. The SMILES string of the molecule is CCC(NC(=O)CC1CCCN1)C(=O)N1CCOCC1.Cl. The number of amides is 2. The van der Waals surface area contributed by atoms with Crippen molar-refractivity contribution in [1.29, 1.82) is 0 Å². The summed E-state index contributed by atoms with van der Waals surface area (Å²) in [5.41, 5.74) is 0. The van der Waals surface area contributed by atoms with Gasteiger partial charge in [-0.2, -0.15) is 0 Å². The molecule has 122 valence electrons. The standard InChI is InChI=1S/C14H25N3O3.ClH/c1-2-12(14(19)17-6-8-20-9-7-17)16-13(18)10-11-4-3-5-15-11;/h11-12,15H,2-10H2,1H3,(H,16,18);1H. The molecule has 2 heterocycles. The third kappa shape index (κ3) is 5.45. The molecule has 2 aliphatic rings. The molecule has 2 fully saturated rings. The van der Waals surface area contributed by atoms with Crippen LogP contribution in [0.3, 0.4) is 0 Å². The average molecular weight is 320 g/mol. The van der Waals surface area contributed by atoms with Gasteiger partial charge in [-0.3, -0.25) is 9.59 Å². The summed E-state index contributed by atoms with van der Waals surface area (Å²) >= 11 is 0. The molecule has 0 spiro atoms. The zero-order chi connectivity index (χ0) is 14.4. The van der Waals surface area contributed by atoms with Crippen LogP contribution in [0.1, 0.15) is 32.6 Å². The van der Waals surface area contributed by atoms with E-state index in [0.29, 0.717) is 39.1 Å². The second-order valence-corrected chi connectivity index (χ2v) is 5.46. The Morgan fingerprint density at radius 1 is 1.38 bits per heavy atom. The van der Waals surface area contributed by atoms with Gasteiger partial charge >= 0.3 is 0 Å². The molecule has 2 atom stereocenters. The molecule has 2 rings (SSSR count). The molecular weight excluding hydrogens is 294 g/mol. The number of hydrogen-bond donors (Lipinski definition) is 2. The third-order valence-corrected chi connectivity index (χ3v) is 3.96. The van der Waals surface area contributed by atoms with Gasteiger partial charge in [0.1, 0.15) is 6.04 Å². The van der Waals surface area contributed by atoms with Crippen molar-refractivity contribution in [3.8, 4) is 0 Å². The van der Waals surface area contributed by atoms with Crippen LogP contribution in [-0.2, 0) is 14.3 Å². The van der Waals surface area contributed by atoms with Crippen LogP contribution in [0.15, 0.2) is 0 Å². The van der Waals surface area contributed by atoms with Crippen LogP contribution >= 0.6 is 12.4 Å². The van der Waals surface area contributed by atoms with E-state index in [9.17, 15) is 9.59 Å². The van der Waals surface area contributed by atoms with Crippen molar-refractivity contribution in [2.75, 3.05) is 32.8 Å². The van der Waals surface area contributed by atoms with Crippen LogP contribution in [0, 0.1) is 0 Å². The molecule has 2 aliphatic heterocycles. The van der Waals surface area contributed by atoms with Gasteiger partial charge in [0.2, 0.25) is 11.8 Å². The van der Waals surface area contributed by atoms with Crippen molar-refractivity contribution in [2.24, 2.45) is 0 Å². The van der Waals surface area contributed by atoms with E-state index in [4.69, 9.17) is 4.74 Å². The van der Waals surface area contributed by atoms with E-state index in [1.807, 2.05) is 6.92 Å². The zero-order valence-electron chi connectivity index (χ0n) is 12.6. The number of nitrogens with zero attached hydrogens (tertiary/aromatic N) is 1. The van der Waals surface area contributed by atoms with E-state index in [1.165, 1.54) is 0 Å². The first-order valence-electron chi connectivity index (χ1n) is 7.60. The molecule has 0 radical (unpaired) electrons. The van der Waals surface area contributed by atoms with Gasteiger partial charge in [-0.05, 0) is 25.8 Å². The molecular formula is C14H26ClN3O3. The number of rotatable bonds is 5. The number of nitrogens with one attached hydrogen (secondary N) is 2. The number of ether oxygens (including phenoxy) is 1. The average Bonchev–Trinajstić information content (AvgIpc) is 2.97. The van der Waals surface area contributed by atoms with Crippen molar-refractivity contribution in [1.82, 2.24) is 15.5 Å². The van der Waals surface area contributed by atoms with E-state index in [0.717, 1.165) is 19.4 Å². The monoisotopic (exact) mass is 319 g/mol. The molecule has 0 aromatic heterocycles. The van der Waals surface area contributed by atoms with Crippen LogP contribution in [0.2, 0.25) is 0 Å². The maximum absolute atomic E-state index is 12.3. The van der Waals surface area contributed by atoms with Crippen LogP contribution in [-0.4, -0.2) is 61.6 Å². The third-order valence-electron chi connectivity index (χ3n) is 3.96. The Morgan fingerprint density at radius 2 is 2.10 bits per heavy atom. The highest BCUT2D eigenvalue weighted by Gasteiger charge is 2.27. The topological polar surface area (TPSA) is 70.7 Å². The van der Waals surface area contributed by atoms with Gasteiger partial charge in [0.05, 0.1) is 13.2 Å². The number of carbonyl (C=O) groups is 2. The molecule has 0 aromatic rings. The summed E-state index contributed by atoms with van der Waals surface area (Å²) in [6.45, 7) is 5.33. The first-order chi connectivity index (χ1) is 9.70. The van der Waals surface area contributed by atoms with Gasteiger partial charge in [0.15, 0.2) is 0 Å². The lowest BCUT2D eigenvalue weighted by molar-refractivity contribution is -0.140. The van der Waals surface area contributed by atoms with Crippen LogP contribution in [0.25, 0.3) is 0 Å². The molecule has 0 aromatic carbocycles. The van der Waals surface area contributed by atoms with Crippen molar-refractivity contribution in [3.05, 3.63) is 0 Å². The number of carbonyl (C=O) groups excluding carboxylic acids is 2. The number of hydrogen-bond acceptors (Lipinski definition) is 4. The Morgan fingerprint density at radius 3 is 2.67 bits per heavy atom. The van der Waals surface area contributed by atoms with Gasteiger partial charge < -0.3 is 20.3 Å². The lowest BCUT2D eigenvalue weighted by Gasteiger charge is -2.30. The maximum Gasteiger partial charge on any atom is 0.245 e. The highest BCUT2D eigenvalue weighted by Crippen LogP contribution is 2.09.